The summed E-state index contributed by atoms with van der Waals surface area (Å²) in [6.45, 7) is 6.07. The third-order valence-electron chi connectivity index (χ3n) is 5.24. The Hall–Kier alpha value is -1.89. The molecule has 0 bridgehead atoms. The van der Waals surface area contributed by atoms with Crippen LogP contribution in [0, 0.1) is 17.7 Å². The number of rotatable bonds is 5. The van der Waals surface area contributed by atoms with Gasteiger partial charge in [0.1, 0.15) is 5.82 Å². The number of aromatic nitrogens is 3. The van der Waals surface area contributed by atoms with Crippen LogP contribution in [0.2, 0.25) is 0 Å². The second-order valence-electron chi connectivity index (χ2n) is 7.92. The summed E-state index contributed by atoms with van der Waals surface area (Å²) in [7, 11) is 0. The minimum absolute atomic E-state index is 0.149. The highest BCUT2D eigenvalue weighted by Crippen LogP contribution is 2.41. The minimum atomic E-state index is -0.296. The molecule has 2 heterocycles. The van der Waals surface area contributed by atoms with Gasteiger partial charge in [0, 0.05) is 19.1 Å². The average Bonchev–Trinajstić information content (AvgIpc) is 3.39. The number of halogens is 1. The number of piperidine rings is 1. The van der Waals surface area contributed by atoms with E-state index in [2.05, 4.69) is 24.0 Å². The van der Waals surface area contributed by atoms with Crippen molar-refractivity contribution >= 4 is 17.7 Å². The Morgan fingerprint density at radius 1 is 1.19 bits per heavy atom. The SMILES string of the molecule is C[C@@H]1C[C@H](C)CN(C(=O)CSc2nnc(-c3ccccc3F)n2C2CC2)C1. The highest BCUT2D eigenvalue weighted by atomic mass is 32.2. The maximum atomic E-state index is 14.2. The molecule has 1 amide bonds. The van der Waals surface area contributed by atoms with Gasteiger partial charge >= 0.3 is 0 Å². The molecule has 2 atom stereocenters. The quantitative estimate of drug-likeness (QED) is 0.726. The van der Waals surface area contributed by atoms with Gasteiger partial charge in [-0.1, -0.05) is 37.7 Å². The number of amides is 1. The highest BCUT2D eigenvalue weighted by Gasteiger charge is 2.32. The lowest BCUT2D eigenvalue weighted by Gasteiger charge is -2.35. The van der Waals surface area contributed by atoms with Crippen LogP contribution >= 0.6 is 11.8 Å². The van der Waals surface area contributed by atoms with Crippen LogP contribution in [0.25, 0.3) is 11.4 Å². The molecule has 1 aliphatic heterocycles. The molecule has 27 heavy (non-hydrogen) atoms. The van der Waals surface area contributed by atoms with Crippen LogP contribution in [0.5, 0.6) is 0 Å². The van der Waals surface area contributed by atoms with Crippen LogP contribution in [0.15, 0.2) is 29.4 Å². The molecule has 2 fully saturated rings. The third kappa shape index (κ3) is 4.03. The van der Waals surface area contributed by atoms with E-state index in [1.165, 1.54) is 24.2 Å². The zero-order valence-corrected chi connectivity index (χ0v) is 16.6. The van der Waals surface area contributed by atoms with Gasteiger partial charge < -0.3 is 4.90 Å². The molecule has 5 nitrogen and oxygen atoms in total. The van der Waals surface area contributed by atoms with Crippen LogP contribution < -0.4 is 0 Å². The second kappa shape index (κ2) is 7.62. The fraction of sp³-hybridized carbons (Fsp3) is 0.550. The van der Waals surface area contributed by atoms with E-state index in [4.69, 9.17) is 0 Å². The fourth-order valence-electron chi connectivity index (χ4n) is 3.95. The first kappa shape index (κ1) is 18.5. The Morgan fingerprint density at radius 3 is 2.56 bits per heavy atom. The maximum Gasteiger partial charge on any atom is 0.233 e. The molecule has 144 valence electrons. The summed E-state index contributed by atoms with van der Waals surface area (Å²) in [5.41, 5.74) is 0.466. The molecule has 4 rings (SSSR count). The molecule has 2 aromatic rings. The standard InChI is InChI=1S/C20H25FN4OS/c1-13-9-14(2)11-24(10-13)18(26)12-27-20-23-22-19(25(20)15-7-8-15)16-5-3-4-6-17(16)21/h3-6,13-15H,7-12H2,1-2H3/t13-,14+. The highest BCUT2D eigenvalue weighted by molar-refractivity contribution is 7.99. The lowest BCUT2D eigenvalue weighted by Crippen LogP contribution is -2.43. The van der Waals surface area contributed by atoms with Crippen molar-refractivity contribution in [1.82, 2.24) is 19.7 Å². The summed E-state index contributed by atoms with van der Waals surface area (Å²) < 4.78 is 16.2. The number of hydrogen-bond donors (Lipinski definition) is 0. The Labute approximate surface area is 163 Å². The lowest BCUT2D eigenvalue weighted by molar-refractivity contribution is -0.130. The van der Waals surface area contributed by atoms with E-state index in [-0.39, 0.29) is 11.7 Å². The summed E-state index contributed by atoms with van der Waals surface area (Å²) in [5, 5.41) is 9.24. The van der Waals surface area contributed by atoms with Gasteiger partial charge in [0.2, 0.25) is 5.91 Å². The molecular weight excluding hydrogens is 363 g/mol. The smallest absolute Gasteiger partial charge is 0.233 e. The summed E-state index contributed by atoms with van der Waals surface area (Å²) in [6, 6.07) is 6.96. The van der Waals surface area contributed by atoms with Gasteiger partial charge in [-0.15, -0.1) is 10.2 Å². The van der Waals surface area contributed by atoms with Crippen molar-refractivity contribution < 1.29 is 9.18 Å². The summed E-state index contributed by atoms with van der Waals surface area (Å²) in [5.74, 6) is 1.86. The largest absolute Gasteiger partial charge is 0.341 e. The molecule has 1 aliphatic carbocycles. The Kier molecular flexibility index (Phi) is 5.21. The predicted molar refractivity (Wildman–Crippen MR) is 104 cm³/mol. The third-order valence-corrected chi connectivity index (χ3v) is 6.17. The molecular formula is C20H25FN4OS. The average molecular weight is 389 g/mol. The normalized spacial score (nSPS) is 22.9. The fourth-order valence-corrected chi connectivity index (χ4v) is 4.86. The number of nitrogens with zero attached hydrogens (tertiary/aromatic N) is 4. The Morgan fingerprint density at radius 2 is 1.89 bits per heavy atom. The van der Waals surface area contributed by atoms with Crippen molar-refractivity contribution in [2.24, 2.45) is 11.8 Å². The lowest BCUT2D eigenvalue weighted by atomic mass is 9.92. The molecule has 0 spiro atoms. The molecule has 7 heteroatoms. The molecule has 0 N–H and O–H groups in total. The van der Waals surface area contributed by atoms with Crippen molar-refractivity contribution in [2.45, 2.75) is 44.3 Å². The number of benzene rings is 1. The van der Waals surface area contributed by atoms with E-state index in [1.54, 1.807) is 18.2 Å². The van der Waals surface area contributed by atoms with E-state index in [1.807, 2.05) is 9.47 Å². The summed E-state index contributed by atoms with van der Waals surface area (Å²) in [4.78, 5) is 14.7. The van der Waals surface area contributed by atoms with E-state index < -0.39 is 0 Å². The first-order chi connectivity index (χ1) is 13.0. The van der Waals surface area contributed by atoms with Gasteiger partial charge in [-0.2, -0.15) is 0 Å². The van der Waals surface area contributed by atoms with Crippen LogP contribution in [0.3, 0.4) is 0 Å². The van der Waals surface area contributed by atoms with Crippen molar-refractivity contribution in [3.05, 3.63) is 30.1 Å². The van der Waals surface area contributed by atoms with E-state index in [0.29, 0.717) is 40.2 Å². The molecule has 1 saturated carbocycles. The van der Waals surface area contributed by atoms with Crippen LogP contribution in [0.4, 0.5) is 4.39 Å². The van der Waals surface area contributed by atoms with Crippen molar-refractivity contribution in [3.63, 3.8) is 0 Å². The van der Waals surface area contributed by atoms with Crippen LogP contribution in [0.1, 0.15) is 39.2 Å². The predicted octanol–water partition coefficient (Wildman–Crippen LogP) is 4.02. The van der Waals surface area contributed by atoms with E-state index in [9.17, 15) is 9.18 Å². The maximum absolute atomic E-state index is 14.2. The molecule has 0 radical (unpaired) electrons. The Bertz CT molecular complexity index is 825. The molecule has 2 aliphatic rings. The van der Waals surface area contributed by atoms with Gasteiger partial charge in [0.25, 0.3) is 0 Å². The monoisotopic (exact) mass is 388 g/mol. The minimum Gasteiger partial charge on any atom is -0.341 e. The summed E-state index contributed by atoms with van der Waals surface area (Å²) in [6.07, 6.45) is 3.27. The first-order valence-corrected chi connectivity index (χ1v) is 10.6. The zero-order chi connectivity index (χ0) is 19.0. The first-order valence-electron chi connectivity index (χ1n) is 9.63. The van der Waals surface area contributed by atoms with Gasteiger partial charge in [0.15, 0.2) is 11.0 Å². The molecule has 1 aromatic carbocycles. The second-order valence-corrected chi connectivity index (χ2v) is 8.86. The molecule has 0 unspecified atom stereocenters. The van der Waals surface area contributed by atoms with E-state index >= 15 is 0 Å². The zero-order valence-electron chi connectivity index (χ0n) is 15.8. The number of likely N-dealkylation sites (tertiary alicyclic amines) is 1. The van der Waals surface area contributed by atoms with Crippen molar-refractivity contribution in [3.8, 4) is 11.4 Å². The number of carbonyl (C=O) groups excluding carboxylic acids is 1. The summed E-state index contributed by atoms with van der Waals surface area (Å²) >= 11 is 1.42. The Balaban J connectivity index is 1.50. The number of thioether (sulfide) groups is 1. The number of hydrogen-bond acceptors (Lipinski definition) is 4. The van der Waals surface area contributed by atoms with Gasteiger partial charge in [-0.25, -0.2) is 4.39 Å². The van der Waals surface area contributed by atoms with Gasteiger partial charge in [-0.3, -0.25) is 9.36 Å². The van der Waals surface area contributed by atoms with Crippen LogP contribution in [-0.4, -0.2) is 44.4 Å². The van der Waals surface area contributed by atoms with Gasteiger partial charge in [0.05, 0.1) is 11.3 Å². The molecule has 1 saturated heterocycles. The van der Waals surface area contributed by atoms with Crippen LogP contribution in [-0.2, 0) is 4.79 Å². The topological polar surface area (TPSA) is 51.0 Å². The van der Waals surface area contributed by atoms with Crippen molar-refractivity contribution in [2.75, 3.05) is 18.8 Å². The molecule has 1 aromatic heterocycles. The van der Waals surface area contributed by atoms with Crippen molar-refractivity contribution in [1.29, 1.82) is 0 Å². The van der Waals surface area contributed by atoms with E-state index in [0.717, 1.165) is 25.9 Å². The van der Waals surface area contributed by atoms with Gasteiger partial charge in [-0.05, 0) is 43.2 Å². The number of carbonyl (C=O) groups is 1.